The molecular formula is C18H14FN3O4. The predicted molar refractivity (Wildman–Crippen MR) is 88.3 cm³/mol. The van der Waals surface area contributed by atoms with Crippen LogP contribution in [-0.4, -0.2) is 28.7 Å². The molecule has 0 saturated carbocycles. The molecule has 2 aromatic carbocycles. The summed E-state index contributed by atoms with van der Waals surface area (Å²) in [6.45, 7) is -0.444. The lowest BCUT2D eigenvalue weighted by Crippen LogP contribution is -2.28. The van der Waals surface area contributed by atoms with Crippen molar-refractivity contribution < 1.29 is 23.1 Å². The number of ether oxygens (including phenoxy) is 1. The third-order valence-electron chi connectivity index (χ3n) is 3.50. The molecule has 0 fully saturated rings. The molecule has 3 rings (SSSR count). The lowest BCUT2D eigenvalue weighted by molar-refractivity contribution is -0.124. The molecule has 1 heterocycles. The molecule has 0 spiro atoms. The topological polar surface area (TPSA) is 94.3 Å². The van der Waals surface area contributed by atoms with Crippen LogP contribution in [0.5, 0.6) is 0 Å². The van der Waals surface area contributed by atoms with Crippen molar-refractivity contribution in [1.29, 1.82) is 0 Å². The van der Waals surface area contributed by atoms with Gasteiger partial charge in [-0.1, -0.05) is 18.2 Å². The number of nitrogens with zero attached hydrogens (tertiary/aromatic N) is 2. The van der Waals surface area contributed by atoms with Crippen LogP contribution in [0.15, 0.2) is 59.3 Å². The summed E-state index contributed by atoms with van der Waals surface area (Å²) < 4.78 is 23.5. The SMILES string of the molecule is O=C(COC(=O)c1ccc(-c2nnco2)cc1)NCc1ccccc1F. The Labute approximate surface area is 147 Å². The number of carbonyl (C=O) groups is 2. The van der Waals surface area contributed by atoms with Gasteiger partial charge in [0.15, 0.2) is 6.61 Å². The maximum atomic E-state index is 13.5. The summed E-state index contributed by atoms with van der Waals surface area (Å²) in [6.07, 6.45) is 1.21. The van der Waals surface area contributed by atoms with Crippen LogP contribution in [0.4, 0.5) is 4.39 Å². The molecule has 0 aliphatic carbocycles. The summed E-state index contributed by atoms with van der Waals surface area (Å²) in [6, 6.07) is 12.4. The van der Waals surface area contributed by atoms with Crippen molar-refractivity contribution in [3.8, 4) is 11.5 Å². The molecule has 0 radical (unpaired) electrons. The molecule has 7 nitrogen and oxygen atoms in total. The Bertz CT molecular complexity index is 895. The summed E-state index contributed by atoms with van der Waals surface area (Å²) >= 11 is 0. The van der Waals surface area contributed by atoms with Gasteiger partial charge in [-0.3, -0.25) is 4.79 Å². The molecule has 0 atom stereocenters. The number of carbonyl (C=O) groups excluding carboxylic acids is 2. The second-order valence-corrected chi connectivity index (χ2v) is 5.27. The van der Waals surface area contributed by atoms with Crippen LogP contribution < -0.4 is 5.32 Å². The van der Waals surface area contributed by atoms with Gasteiger partial charge in [-0.15, -0.1) is 10.2 Å². The molecule has 132 valence electrons. The fraction of sp³-hybridized carbons (Fsp3) is 0.111. The number of benzene rings is 2. The number of hydrogen-bond donors (Lipinski definition) is 1. The molecule has 1 N–H and O–H groups in total. The molecule has 3 aromatic rings. The largest absolute Gasteiger partial charge is 0.452 e. The molecule has 1 amide bonds. The summed E-state index contributed by atoms with van der Waals surface area (Å²) in [5.41, 5.74) is 1.28. The minimum atomic E-state index is -0.650. The minimum absolute atomic E-state index is 0.0158. The summed E-state index contributed by atoms with van der Waals surface area (Å²) in [4.78, 5) is 23.7. The van der Waals surface area contributed by atoms with Crippen molar-refractivity contribution in [2.45, 2.75) is 6.54 Å². The maximum absolute atomic E-state index is 13.5. The van der Waals surface area contributed by atoms with Gasteiger partial charge in [-0.2, -0.15) is 0 Å². The molecule has 0 saturated heterocycles. The van der Waals surface area contributed by atoms with Crippen LogP contribution in [0, 0.1) is 5.82 Å². The smallest absolute Gasteiger partial charge is 0.338 e. The number of halogens is 1. The van der Waals surface area contributed by atoms with Crippen molar-refractivity contribution in [3.05, 3.63) is 71.9 Å². The van der Waals surface area contributed by atoms with E-state index in [-0.39, 0.29) is 12.1 Å². The standard InChI is InChI=1S/C18H14FN3O4/c19-15-4-2-1-3-14(15)9-20-16(23)10-25-18(24)13-7-5-12(6-8-13)17-22-21-11-26-17/h1-8,11H,9-10H2,(H,20,23). The average Bonchev–Trinajstić information content (AvgIpc) is 3.20. The second kappa shape index (κ2) is 8.02. The van der Waals surface area contributed by atoms with Crippen molar-refractivity contribution >= 4 is 11.9 Å². The highest BCUT2D eigenvalue weighted by molar-refractivity contribution is 5.91. The van der Waals surface area contributed by atoms with Gasteiger partial charge in [0.05, 0.1) is 5.56 Å². The first kappa shape index (κ1) is 17.3. The van der Waals surface area contributed by atoms with E-state index in [1.165, 1.54) is 24.6 Å². The summed E-state index contributed by atoms with van der Waals surface area (Å²) in [5, 5.41) is 9.82. The first-order valence-corrected chi connectivity index (χ1v) is 7.67. The van der Waals surface area contributed by atoms with Crippen molar-refractivity contribution in [2.75, 3.05) is 6.61 Å². The predicted octanol–water partition coefficient (Wildman–Crippen LogP) is 2.35. The van der Waals surface area contributed by atoms with Crippen LogP contribution in [0.2, 0.25) is 0 Å². The van der Waals surface area contributed by atoms with E-state index in [1.807, 2.05) is 0 Å². The van der Waals surface area contributed by atoms with Crippen LogP contribution >= 0.6 is 0 Å². The highest BCUT2D eigenvalue weighted by Crippen LogP contribution is 2.17. The van der Waals surface area contributed by atoms with E-state index in [1.54, 1.807) is 30.3 Å². The van der Waals surface area contributed by atoms with E-state index >= 15 is 0 Å². The van der Waals surface area contributed by atoms with E-state index in [4.69, 9.17) is 9.15 Å². The number of amides is 1. The summed E-state index contributed by atoms with van der Waals surface area (Å²) in [7, 11) is 0. The zero-order valence-electron chi connectivity index (χ0n) is 13.5. The first-order valence-electron chi connectivity index (χ1n) is 7.67. The Morgan fingerprint density at radius 2 is 1.88 bits per heavy atom. The third-order valence-corrected chi connectivity index (χ3v) is 3.50. The van der Waals surface area contributed by atoms with Crippen molar-refractivity contribution in [3.63, 3.8) is 0 Å². The number of rotatable bonds is 6. The van der Waals surface area contributed by atoms with Gasteiger partial charge in [0.25, 0.3) is 5.91 Å². The van der Waals surface area contributed by atoms with Gasteiger partial charge in [0.2, 0.25) is 12.3 Å². The van der Waals surface area contributed by atoms with Gasteiger partial charge in [-0.25, -0.2) is 9.18 Å². The van der Waals surface area contributed by atoms with Crippen LogP contribution in [0.3, 0.4) is 0 Å². The van der Waals surface area contributed by atoms with Crippen LogP contribution in [0.1, 0.15) is 15.9 Å². The first-order chi connectivity index (χ1) is 12.6. The number of nitrogens with one attached hydrogen (secondary N) is 1. The lowest BCUT2D eigenvalue weighted by atomic mass is 10.1. The third kappa shape index (κ3) is 4.29. The van der Waals surface area contributed by atoms with Crippen molar-refractivity contribution in [1.82, 2.24) is 15.5 Å². The van der Waals surface area contributed by atoms with Gasteiger partial charge in [-0.05, 0) is 30.3 Å². The molecule has 0 aliphatic rings. The van der Waals surface area contributed by atoms with Crippen LogP contribution in [-0.2, 0) is 16.1 Å². The van der Waals surface area contributed by atoms with Crippen molar-refractivity contribution in [2.24, 2.45) is 0 Å². The number of hydrogen-bond acceptors (Lipinski definition) is 6. The van der Waals surface area contributed by atoms with E-state index in [9.17, 15) is 14.0 Å². The average molecular weight is 355 g/mol. The normalized spacial score (nSPS) is 10.3. The van der Waals surface area contributed by atoms with E-state index in [2.05, 4.69) is 15.5 Å². The van der Waals surface area contributed by atoms with E-state index in [0.29, 0.717) is 17.0 Å². The molecule has 1 aromatic heterocycles. The fourth-order valence-corrected chi connectivity index (χ4v) is 2.15. The van der Waals surface area contributed by atoms with Gasteiger partial charge in [0, 0.05) is 17.7 Å². The van der Waals surface area contributed by atoms with Gasteiger partial charge in [0.1, 0.15) is 5.82 Å². The van der Waals surface area contributed by atoms with E-state index < -0.39 is 24.3 Å². The Morgan fingerprint density at radius 1 is 1.12 bits per heavy atom. The highest BCUT2D eigenvalue weighted by Gasteiger charge is 2.12. The number of aromatic nitrogens is 2. The molecule has 0 aliphatic heterocycles. The zero-order chi connectivity index (χ0) is 18.4. The Morgan fingerprint density at radius 3 is 2.58 bits per heavy atom. The molecular weight excluding hydrogens is 341 g/mol. The molecule has 0 bridgehead atoms. The summed E-state index contributed by atoms with van der Waals surface area (Å²) in [5.74, 6) is -1.25. The van der Waals surface area contributed by atoms with Gasteiger partial charge < -0.3 is 14.5 Å². The lowest BCUT2D eigenvalue weighted by Gasteiger charge is -2.07. The highest BCUT2D eigenvalue weighted by atomic mass is 19.1. The molecule has 0 unspecified atom stereocenters. The Kier molecular flexibility index (Phi) is 5.33. The maximum Gasteiger partial charge on any atom is 0.338 e. The zero-order valence-corrected chi connectivity index (χ0v) is 13.5. The number of esters is 1. The molecule has 8 heteroatoms. The Balaban J connectivity index is 1.49. The second-order valence-electron chi connectivity index (χ2n) is 5.27. The van der Waals surface area contributed by atoms with Crippen LogP contribution in [0.25, 0.3) is 11.5 Å². The Hall–Kier alpha value is -3.55. The monoisotopic (exact) mass is 355 g/mol. The van der Waals surface area contributed by atoms with Gasteiger partial charge >= 0.3 is 5.97 Å². The quantitative estimate of drug-likeness (QED) is 0.682. The molecule has 26 heavy (non-hydrogen) atoms. The van der Waals surface area contributed by atoms with E-state index in [0.717, 1.165) is 0 Å². The minimum Gasteiger partial charge on any atom is -0.452 e. The fourth-order valence-electron chi connectivity index (χ4n) is 2.15.